The first kappa shape index (κ1) is 29.3. The predicted octanol–water partition coefficient (Wildman–Crippen LogP) is 4.44. The third kappa shape index (κ3) is 10.6. The Bertz CT molecular complexity index is 905. The van der Waals surface area contributed by atoms with Crippen molar-refractivity contribution in [2.24, 2.45) is 0 Å². The van der Waals surface area contributed by atoms with Gasteiger partial charge in [-0.25, -0.2) is 4.79 Å². The highest BCUT2D eigenvalue weighted by molar-refractivity contribution is 6.69. The Labute approximate surface area is 221 Å². The molecule has 0 saturated heterocycles. The molecule has 0 fully saturated rings. The summed E-state index contributed by atoms with van der Waals surface area (Å²) in [5.74, 6) is 0.0532. The Morgan fingerprint density at radius 2 is 1.16 bits per heavy atom. The summed E-state index contributed by atoms with van der Waals surface area (Å²) in [7, 11) is -1.46. The van der Waals surface area contributed by atoms with Crippen LogP contribution in [-0.2, 0) is 28.1 Å². The molecule has 1 amide bonds. The lowest BCUT2D eigenvalue weighted by Crippen LogP contribution is -2.29. The number of hydrogen-bond acceptors (Lipinski definition) is 7. The number of carbonyl (C=O) groups excluding carboxylic acids is 1. The topological polar surface area (TPSA) is 84.5 Å². The Kier molecular flexibility index (Phi) is 12.6. The largest absolute Gasteiger partial charge is 0.449 e. The minimum atomic E-state index is -1.46. The van der Waals surface area contributed by atoms with Gasteiger partial charge in [-0.2, -0.15) is 0 Å². The van der Waals surface area contributed by atoms with Crippen molar-refractivity contribution in [2.75, 3.05) is 72.6 Å². The number of carbonyl (C=O) groups is 1. The second-order valence-electron chi connectivity index (χ2n) is 9.66. The van der Waals surface area contributed by atoms with Gasteiger partial charge in [0.1, 0.15) is 6.61 Å². The van der Waals surface area contributed by atoms with Crippen LogP contribution in [0.3, 0.4) is 0 Å². The molecule has 204 valence electrons. The lowest BCUT2D eigenvalue weighted by Gasteiger charge is -2.16. The van der Waals surface area contributed by atoms with Gasteiger partial charge in [-0.15, -0.1) is 0 Å². The fraction of sp³-hybridized carbons (Fsp3) is 0.536. The molecule has 2 aromatic carbocycles. The van der Waals surface area contributed by atoms with E-state index < -0.39 is 14.4 Å². The van der Waals surface area contributed by atoms with Gasteiger partial charge in [-0.05, 0) is 41.9 Å². The maximum absolute atomic E-state index is 12.2. The van der Waals surface area contributed by atoms with Gasteiger partial charge in [-0.3, -0.25) is 0 Å². The molecule has 3 rings (SSSR count). The van der Waals surface area contributed by atoms with Gasteiger partial charge >= 0.3 is 6.09 Å². The fourth-order valence-corrected chi connectivity index (χ4v) is 4.74. The second-order valence-corrected chi connectivity index (χ2v) is 14.2. The zero-order valence-corrected chi connectivity index (χ0v) is 23.3. The highest BCUT2D eigenvalue weighted by Gasteiger charge is 2.28. The predicted molar refractivity (Wildman–Crippen MR) is 146 cm³/mol. The van der Waals surface area contributed by atoms with Crippen LogP contribution in [0.1, 0.15) is 17.0 Å². The van der Waals surface area contributed by atoms with Crippen molar-refractivity contribution in [1.29, 1.82) is 0 Å². The lowest BCUT2D eigenvalue weighted by atomic mass is 9.98. The lowest BCUT2D eigenvalue weighted by molar-refractivity contribution is -0.00452. The van der Waals surface area contributed by atoms with Crippen molar-refractivity contribution < 1.29 is 32.9 Å². The monoisotopic (exact) mass is 531 g/mol. The van der Waals surface area contributed by atoms with Crippen molar-refractivity contribution in [3.05, 3.63) is 59.7 Å². The van der Waals surface area contributed by atoms with Crippen LogP contribution >= 0.6 is 0 Å². The Hall–Kier alpha value is -2.27. The molecule has 0 spiro atoms. The van der Waals surface area contributed by atoms with Crippen LogP contribution in [0.4, 0.5) is 4.79 Å². The molecule has 1 N–H and O–H groups in total. The van der Waals surface area contributed by atoms with Crippen LogP contribution in [0.25, 0.3) is 11.1 Å². The fourth-order valence-electron chi connectivity index (χ4n) is 4.04. The summed E-state index contributed by atoms with van der Waals surface area (Å²) in [5.41, 5.74) is 4.81. The Balaban J connectivity index is 1.13. The van der Waals surface area contributed by atoms with Crippen LogP contribution < -0.4 is 5.32 Å². The van der Waals surface area contributed by atoms with Gasteiger partial charge in [-0.1, -0.05) is 48.5 Å². The number of amides is 1. The van der Waals surface area contributed by atoms with E-state index in [9.17, 15) is 4.79 Å². The molecule has 0 atom stereocenters. The number of rotatable bonds is 18. The van der Waals surface area contributed by atoms with Crippen molar-refractivity contribution >= 4 is 14.4 Å². The van der Waals surface area contributed by atoms with Crippen molar-refractivity contribution in [1.82, 2.24) is 5.32 Å². The van der Waals surface area contributed by atoms with Crippen LogP contribution in [0, 0.1) is 0 Å². The van der Waals surface area contributed by atoms with Crippen LogP contribution in [0.5, 0.6) is 0 Å². The maximum Gasteiger partial charge on any atom is 0.407 e. The number of hydrogen-bond donors (Lipinski definition) is 1. The minimum absolute atomic E-state index is 0.0532. The number of fused-ring (bicyclic) bond motifs is 3. The first-order chi connectivity index (χ1) is 18.0. The maximum atomic E-state index is 12.2. The SMILES string of the molecule is C[Si](C)(C)OCCOCCOCCOCCOCCNC(=O)OCC1c2ccccc2-c2ccccc21. The summed E-state index contributed by atoms with van der Waals surface area (Å²) in [4.78, 5) is 12.2. The summed E-state index contributed by atoms with van der Waals surface area (Å²) in [6.45, 7) is 11.8. The first-order valence-electron chi connectivity index (χ1n) is 13.0. The van der Waals surface area contributed by atoms with Crippen LogP contribution in [-0.4, -0.2) is 87.0 Å². The summed E-state index contributed by atoms with van der Waals surface area (Å²) < 4.78 is 33.1. The average Bonchev–Trinajstić information content (AvgIpc) is 3.20. The third-order valence-electron chi connectivity index (χ3n) is 5.74. The van der Waals surface area contributed by atoms with Gasteiger partial charge < -0.3 is 33.4 Å². The van der Waals surface area contributed by atoms with Crippen LogP contribution in [0.2, 0.25) is 19.6 Å². The van der Waals surface area contributed by atoms with Gasteiger partial charge in [0.15, 0.2) is 8.32 Å². The molecular formula is C28H41NO7Si. The van der Waals surface area contributed by atoms with Crippen LogP contribution in [0.15, 0.2) is 48.5 Å². The highest BCUT2D eigenvalue weighted by atomic mass is 28.4. The van der Waals surface area contributed by atoms with Crippen molar-refractivity contribution in [3.63, 3.8) is 0 Å². The molecule has 0 unspecified atom stereocenters. The molecule has 0 aliphatic heterocycles. The second kappa shape index (κ2) is 15.9. The third-order valence-corrected chi connectivity index (χ3v) is 6.81. The van der Waals surface area contributed by atoms with E-state index in [0.717, 1.165) is 0 Å². The van der Waals surface area contributed by atoms with E-state index in [4.69, 9.17) is 28.1 Å². The summed E-state index contributed by atoms with van der Waals surface area (Å²) >= 11 is 0. The Morgan fingerprint density at radius 1 is 0.703 bits per heavy atom. The van der Waals surface area contributed by atoms with Gasteiger partial charge in [0.2, 0.25) is 0 Å². The number of benzene rings is 2. The molecule has 8 nitrogen and oxygen atoms in total. The van der Waals surface area contributed by atoms with Gasteiger partial charge in [0.05, 0.1) is 59.5 Å². The summed E-state index contributed by atoms with van der Waals surface area (Å²) in [6.07, 6.45) is -0.438. The van der Waals surface area contributed by atoms with E-state index >= 15 is 0 Å². The Morgan fingerprint density at radius 3 is 1.68 bits per heavy atom. The summed E-state index contributed by atoms with van der Waals surface area (Å²) in [5, 5.41) is 2.74. The summed E-state index contributed by atoms with van der Waals surface area (Å²) in [6, 6.07) is 16.6. The molecule has 0 aromatic heterocycles. The molecule has 0 bridgehead atoms. The number of nitrogens with one attached hydrogen (secondary N) is 1. The van der Waals surface area contributed by atoms with Gasteiger partial charge in [0, 0.05) is 12.5 Å². The van der Waals surface area contributed by atoms with Gasteiger partial charge in [0.25, 0.3) is 0 Å². The first-order valence-corrected chi connectivity index (χ1v) is 16.4. The molecule has 2 aromatic rings. The van der Waals surface area contributed by atoms with Crippen molar-refractivity contribution in [2.45, 2.75) is 25.6 Å². The molecule has 37 heavy (non-hydrogen) atoms. The zero-order chi connectivity index (χ0) is 26.3. The van der Waals surface area contributed by atoms with E-state index in [0.29, 0.717) is 72.6 Å². The molecule has 9 heteroatoms. The molecule has 0 heterocycles. The van der Waals surface area contributed by atoms with E-state index in [1.807, 2.05) is 24.3 Å². The molecule has 0 saturated carbocycles. The van der Waals surface area contributed by atoms with E-state index in [1.54, 1.807) is 0 Å². The molecule has 1 aliphatic carbocycles. The zero-order valence-electron chi connectivity index (χ0n) is 22.3. The molecular weight excluding hydrogens is 490 g/mol. The average molecular weight is 532 g/mol. The number of alkyl carbamates (subject to hydrolysis) is 1. The molecule has 1 aliphatic rings. The quantitative estimate of drug-likeness (QED) is 0.225. The standard InChI is InChI=1S/C28H41NO7Si/c1-37(2,3)36-21-20-34-19-18-33-17-16-32-15-14-31-13-12-29-28(30)35-22-27-25-10-6-4-8-23(25)24-9-5-7-11-26(24)27/h4-11,27H,12-22H2,1-3H3,(H,29,30). The molecule has 0 radical (unpaired) electrons. The smallest absolute Gasteiger partial charge is 0.407 e. The highest BCUT2D eigenvalue weighted by Crippen LogP contribution is 2.44. The normalized spacial score (nSPS) is 12.8. The van der Waals surface area contributed by atoms with E-state index in [1.165, 1.54) is 22.3 Å². The van der Waals surface area contributed by atoms with Crippen molar-refractivity contribution in [3.8, 4) is 11.1 Å². The number of ether oxygens (including phenoxy) is 5. The van der Waals surface area contributed by atoms with E-state index in [-0.39, 0.29) is 5.92 Å². The van der Waals surface area contributed by atoms with E-state index in [2.05, 4.69) is 49.2 Å². The minimum Gasteiger partial charge on any atom is -0.449 e.